The van der Waals surface area contributed by atoms with E-state index in [9.17, 15) is 9.59 Å². The number of carbonyl (C=O) groups excluding carboxylic acids is 1. The fourth-order valence-electron chi connectivity index (χ4n) is 1.58. The molecular formula is C14H19NO3S. The van der Waals surface area contributed by atoms with Crippen molar-refractivity contribution >= 4 is 23.6 Å². The first kappa shape index (κ1) is 15.6. The predicted molar refractivity (Wildman–Crippen MR) is 77.2 cm³/mol. The zero-order valence-corrected chi connectivity index (χ0v) is 12.0. The van der Waals surface area contributed by atoms with Gasteiger partial charge in [-0.15, -0.1) is 0 Å². The van der Waals surface area contributed by atoms with Gasteiger partial charge in [-0.05, 0) is 24.7 Å². The van der Waals surface area contributed by atoms with Crippen LogP contribution in [0.3, 0.4) is 0 Å². The smallest absolute Gasteiger partial charge is 0.326 e. The summed E-state index contributed by atoms with van der Waals surface area (Å²) in [5.74, 6) is 0.264. The van der Waals surface area contributed by atoms with E-state index in [0.29, 0.717) is 12.2 Å². The van der Waals surface area contributed by atoms with Crippen LogP contribution in [0.4, 0.5) is 0 Å². The number of rotatable bonds is 7. The molecule has 0 radical (unpaired) electrons. The summed E-state index contributed by atoms with van der Waals surface area (Å²) in [7, 11) is 0. The van der Waals surface area contributed by atoms with Gasteiger partial charge in [0.2, 0.25) is 5.91 Å². The van der Waals surface area contributed by atoms with Crippen molar-refractivity contribution in [3.8, 4) is 0 Å². The molecule has 1 aromatic carbocycles. The lowest BCUT2D eigenvalue weighted by Crippen LogP contribution is -2.39. The summed E-state index contributed by atoms with van der Waals surface area (Å²) in [6, 6.07) is 7.49. The van der Waals surface area contributed by atoms with Gasteiger partial charge in [-0.2, -0.15) is 11.8 Å². The normalized spacial score (nSPS) is 11.9. The Kier molecular flexibility index (Phi) is 6.42. The van der Waals surface area contributed by atoms with Crippen molar-refractivity contribution in [2.24, 2.45) is 0 Å². The van der Waals surface area contributed by atoms with Crippen molar-refractivity contribution in [3.05, 3.63) is 35.4 Å². The molecule has 1 atom stereocenters. The molecule has 1 unspecified atom stereocenters. The lowest BCUT2D eigenvalue weighted by molar-refractivity contribution is -0.141. The summed E-state index contributed by atoms with van der Waals surface area (Å²) in [5.41, 5.74) is 2.45. The molecule has 0 spiro atoms. The molecule has 1 aromatic rings. The Morgan fingerprint density at radius 2 is 1.95 bits per heavy atom. The number of amides is 1. The second-order valence-corrected chi connectivity index (χ2v) is 5.52. The van der Waals surface area contributed by atoms with Crippen LogP contribution >= 0.6 is 11.8 Å². The molecule has 0 aliphatic carbocycles. The molecule has 1 rings (SSSR count). The minimum atomic E-state index is -0.980. The monoisotopic (exact) mass is 281 g/mol. The Morgan fingerprint density at radius 1 is 1.32 bits per heavy atom. The lowest BCUT2D eigenvalue weighted by atomic mass is 10.2. The number of thioether (sulfide) groups is 1. The van der Waals surface area contributed by atoms with Crippen molar-refractivity contribution < 1.29 is 14.7 Å². The molecular weight excluding hydrogens is 262 g/mol. The fraction of sp³-hybridized carbons (Fsp3) is 0.429. The van der Waals surface area contributed by atoms with Crippen LogP contribution in [-0.2, 0) is 15.3 Å². The number of benzene rings is 1. The second-order valence-electron chi connectivity index (χ2n) is 4.42. The van der Waals surface area contributed by atoms with Gasteiger partial charge in [0.25, 0.3) is 0 Å². The zero-order chi connectivity index (χ0) is 14.3. The van der Waals surface area contributed by atoms with E-state index in [0.717, 1.165) is 5.75 Å². The Balaban J connectivity index is 2.30. The van der Waals surface area contributed by atoms with Crippen LogP contribution in [-0.4, -0.2) is 28.8 Å². The van der Waals surface area contributed by atoms with Crippen LogP contribution in [0, 0.1) is 6.92 Å². The standard InChI is InChI=1S/C14H19NO3S/c1-10-3-5-12(6-4-10)9-19-8-7-13(14(17)18)15-11(2)16/h3-6,13H,7-9H2,1-2H3,(H,15,16)(H,17,18). The van der Waals surface area contributed by atoms with Crippen molar-refractivity contribution in [1.29, 1.82) is 0 Å². The number of aliphatic carboxylic acids is 1. The summed E-state index contributed by atoms with van der Waals surface area (Å²) >= 11 is 1.67. The maximum absolute atomic E-state index is 10.9. The van der Waals surface area contributed by atoms with Gasteiger partial charge < -0.3 is 10.4 Å². The fourth-order valence-corrected chi connectivity index (χ4v) is 2.55. The molecule has 0 heterocycles. The maximum Gasteiger partial charge on any atom is 0.326 e. The Morgan fingerprint density at radius 3 is 2.47 bits per heavy atom. The van der Waals surface area contributed by atoms with Gasteiger partial charge in [-0.1, -0.05) is 29.8 Å². The summed E-state index contributed by atoms with van der Waals surface area (Å²) in [4.78, 5) is 21.8. The maximum atomic E-state index is 10.9. The number of hydrogen-bond acceptors (Lipinski definition) is 3. The molecule has 4 nitrogen and oxygen atoms in total. The minimum absolute atomic E-state index is 0.309. The highest BCUT2D eigenvalue weighted by Gasteiger charge is 2.17. The largest absolute Gasteiger partial charge is 0.480 e. The van der Waals surface area contributed by atoms with Crippen LogP contribution in [0.15, 0.2) is 24.3 Å². The van der Waals surface area contributed by atoms with Gasteiger partial charge in [0.1, 0.15) is 6.04 Å². The SMILES string of the molecule is CC(=O)NC(CCSCc1ccc(C)cc1)C(=O)O. The average Bonchev–Trinajstić information content (AvgIpc) is 2.34. The van der Waals surface area contributed by atoms with Crippen LogP contribution in [0.1, 0.15) is 24.5 Å². The number of hydrogen-bond donors (Lipinski definition) is 2. The summed E-state index contributed by atoms with van der Waals surface area (Å²) in [5, 5.41) is 11.4. The first-order valence-electron chi connectivity index (χ1n) is 6.12. The average molecular weight is 281 g/mol. The van der Waals surface area contributed by atoms with Gasteiger partial charge in [-0.3, -0.25) is 4.79 Å². The van der Waals surface area contributed by atoms with Crippen molar-refractivity contribution in [3.63, 3.8) is 0 Å². The highest BCUT2D eigenvalue weighted by molar-refractivity contribution is 7.98. The van der Waals surface area contributed by atoms with E-state index in [1.807, 2.05) is 6.92 Å². The second kappa shape index (κ2) is 7.84. The molecule has 104 valence electrons. The Hall–Kier alpha value is -1.49. The minimum Gasteiger partial charge on any atom is -0.480 e. The molecule has 0 aromatic heterocycles. The highest BCUT2D eigenvalue weighted by atomic mass is 32.2. The third kappa shape index (κ3) is 6.29. The van der Waals surface area contributed by atoms with Gasteiger partial charge in [0.05, 0.1) is 0 Å². The van der Waals surface area contributed by atoms with E-state index in [1.54, 1.807) is 11.8 Å². The van der Waals surface area contributed by atoms with Gasteiger partial charge in [-0.25, -0.2) is 4.79 Å². The van der Waals surface area contributed by atoms with Crippen LogP contribution < -0.4 is 5.32 Å². The number of carboxylic acids is 1. The quantitative estimate of drug-likeness (QED) is 0.752. The van der Waals surface area contributed by atoms with E-state index in [-0.39, 0.29) is 5.91 Å². The molecule has 5 heteroatoms. The molecule has 1 amide bonds. The zero-order valence-electron chi connectivity index (χ0n) is 11.2. The third-order valence-electron chi connectivity index (χ3n) is 2.62. The molecule has 0 bridgehead atoms. The first-order chi connectivity index (χ1) is 8.99. The van der Waals surface area contributed by atoms with Crippen LogP contribution in [0.2, 0.25) is 0 Å². The van der Waals surface area contributed by atoms with E-state index in [2.05, 4.69) is 29.6 Å². The van der Waals surface area contributed by atoms with Crippen molar-refractivity contribution in [2.75, 3.05) is 5.75 Å². The Labute approximate surface area is 117 Å². The number of carbonyl (C=O) groups is 2. The molecule has 19 heavy (non-hydrogen) atoms. The van der Waals surface area contributed by atoms with E-state index < -0.39 is 12.0 Å². The number of aryl methyl sites for hydroxylation is 1. The van der Waals surface area contributed by atoms with Crippen molar-refractivity contribution in [1.82, 2.24) is 5.32 Å². The van der Waals surface area contributed by atoms with E-state index in [1.165, 1.54) is 18.1 Å². The molecule has 0 aliphatic heterocycles. The summed E-state index contributed by atoms with van der Waals surface area (Å²) < 4.78 is 0. The predicted octanol–water partition coefficient (Wildman–Crippen LogP) is 2.21. The molecule has 0 aliphatic rings. The highest BCUT2D eigenvalue weighted by Crippen LogP contribution is 2.14. The number of nitrogens with one attached hydrogen (secondary N) is 1. The van der Waals surface area contributed by atoms with Gasteiger partial charge in [0, 0.05) is 12.7 Å². The molecule has 0 saturated carbocycles. The van der Waals surface area contributed by atoms with Gasteiger partial charge in [0.15, 0.2) is 0 Å². The lowest BCUT2D eigenvalue weighted by Gasteiger charge is -2.12. The third-order valence-corrected chi connectivity index (χ3v) is 3.68. The molecule has 0 saturated heterocycles. The van der Waals surface area contributed by atoms with Crippen molar-refractivity contribution in [2.45, 2.75) is 32.1 Å². The van der Waals surface area contributed by atoms with E-state index >= 15 is 0 Å². The summed E-state index contributed by atoms with van der Waals surface area (Å²) in [6.07, 6.45) is 0.436. The first-order valence-corrected chi connectivity index (χ1v) is 7.27. The number of carboxylic acid groups (broad SMARTS) is 1. The van der Waals surface area contributed by atoms with Gasteiger partial charge >= 0.3 is 5.97 Å². The van der Waals surface area contributed by atoms with Crippen LogP contribution in [0.25, 0.3) is 0 Å². The molecule has 2 N–H and O–H groups in total. The summed E-state index contributed by atoms with van der Waals surface area (Å²) in [6.45, 7) is 3.37. The van der Waals surface area contributed by atoms with E-state index in [4.69, 9.17) is 5.11 Å². The molecule has 0 fully saturated rings. The Bertz CT molecular complexity index is 431. The topological polar surface area (TPSA) is 66.4 Å². The van der Waals surface area contributed by atoms with Crippen LogP contribution in [0.5, 0.6) is 0 Å².